The Balaban J connectivity index is 2.66. The Morgan fingerprint density at radius 2 is 2.05 bits per heavy atom. The molecule has 0 saturated heterocycles. The van der Waals surface area contributed by atoms with E-state index >= 15 is 0 Å². The summed E-state index contributed by atoms with van der Waals surface area (Å²) in [6.07, 6.45) is 0. The quantitative estimate of drug-likeness (QED) is 0.731. The molecule has 0 spiro atoms. The van der Waals surface area contributed by atoms with E-state index in [0.29, 0.717) is 5.92 Å². The van der Waals surface area contributed by atoms with Gasteiger partial charge < -0.3 is 15.0 Å². The Kier molecular flexibility index (Phi) is 6.89. The molecule has 0 unspecified atom stereocenters. The number of methoxy groups -OCH3 is 1. The minimum atomic E-state index is 0.537. The summed E-state index contributed by atoms with van der Waals surface area (Å²) in [5.74, 6) is 1.54. The highest BCUT2D eigenvalue weighted by molar-refractivity contribution is 5.38. The van der Waals surface area contributed by atoms with Crippen LogP contribution in [0.2, 0.25) is 0 Å². The smallest absolute Gasteiger partial charge is 0.123 e. The van der Waals surface area contributed by atoms with Gasteiger partial charge in [0.2, 0.25) is 0 Å². The normalized spacial score (nSPS) is 11.3. The van der Waals surface area contributed by atoms with Crippen molar-refractivity contribution in [1.29, 1.82) is 0 Å². The summed E-state index contributed by atoms with van der Waals surface area (Å²) in [6, 6.07) is 6.57. The molecule has 0 aliphatic carbocycles. The molecule has 1 N–H and O–H groups in total. The molecule has 1 rings (SSSR count). The Morgan fingerprint density at radius 1 is 1.32 bits per heavy atom. The van der Waals surface area contributed by atoms with Crippen LogP contribution in [-0.4, -0.2) is 38.7 Å². The van der Waals surface area contributed by atoms with Crippen molar-refractivity contribution in [3.05, 3.63) is 29.3 Å². The number of ether oxygens (including phenoxy) is 1. The number of nitrogens with zero attached hydrogens (tertiary/aromatic N) is 1. The molecule has 3 heteroatoms. The van der Waals surface area contributed by atoms with E-state index in [1.165, 1.54) is 11.1 Å². The monoisotopic (exact) mass is 264 g/mol. The molecule has 0 amide bonds. The summed E-state index contributed by atoms with van der Waals surface area (Å²) in [6.45, 7) is 10.6. The Hall–Kier alpha value is -1.06. The average molecular weight is 264 g/mol. The number of benzene rings is 1. The molecule has 19 heavy (non-hydrogen) atoms. The van der Waals surface area contributed by atoms with Gasteiger partial charge in [-0.05, 0) is 31.1 Å². The molecular weight excluding hydrogens is 236 g/mol. The predicted molar refractivity (Wildman–Crippen MR) is 82.0 cm³/mol. The van der Waals surface area contributed by atoms with E-state index in [1.54, 1.807) is 7.11 Å². The van der Waals surface area contributed by atoms with Crippen LogP contribution in [-0.2, 0) is 6.54 Å². The Labute approximate surface area is 118 Å². The van der Waals surface area contributed by atoms with E-state index in [-0.39, 0.29) is 0 Å². The van der Waals surface area contributed by atoms with E-state index in [2.05, 4.69) is 56.2 Å². The lowest BCUT2D eigenvalue weighted by atomic mass is 10.0. The van der Waals surface area contributed by atoms with Crippen LogP contribution < -0.4 is 10.1 Å². The lowest BCUT2D eigenvalue weighted by Crippen LogP contribution is -2.28. The van der Waals surface area contributed by atoms with Crippen molar-refractivity contribution < 1.29 is 4.74 Å². The van der Waals surface area contributed by atoms with Gasteiger partial charge in [0, 0.05) is 25.2 Å². The maximum absolute atomic E-state index is 5.52. The highest BCUT2D eigenvalue weighted by Gasteiger charge is 2.09. The van der Waals surface area contributed by atoms with Crippen LogP contribution >= 0.6 is 0 Å². The van der Waals surface area contributed by atoms with Crippen molar-refractivity contribution in [2.24, 2.45) is 0 Å². The SMILES string of the molecule is CCNCCN(C)Cc1ccc(C(C)C)cc1OC. The minimum absolute atomic E-state index is 0.537. The van der Waals surface area contributed by atoms with Crippen LogP contribution in [0, 0.1) is 0 Å². The van der Waals surface area contributed by atoms with Gasteiger partial charge in [-0.25, -0.2) is 0 Å². The molecule has 0 fully saturated rings. The summed E-state index contributed by atoms with van der Waals surface area (Å²) in [5, 5.41) is 3.34. The topological polar surface area (TPSA) is 24.5 Å². The molecule has 0 aliphatic heterocycles. The van der Waals surface area contributed by atoms with Crippen LogP contribution in [0.3, 0.4) is 0 Å². The fourth-order valence-electron chi connectivity index (χ4n) is 2.07. The van der Waals surface area contributed by atoms with Crippen LogP contribution in [0.15, 0.2) is 18.2 Å². The van der Waals surface area contributed by atoms with Gasteiger partial charge in [0.25, 0.3) is 0 Å². The van der Waals surface area contributed by atoms with Gasteiger partial charge in [0.05, 0.1) is 7.11 Å². The fraction of sp³-hybridized carbons (Fsp3) is 0.625. The zero-order valence-corrected chi connectivity index (χ0v) is 13.0. The number of hydrogen-bond acceptors (Lipinski definition) is 3. The van der Waals surface area contributed by atoms with Crippen molar-refractivity contribution in [1.82, 2.24) is 10.2 Å². The second-order valence-electron chi connectivity index (χ2n) is 5.32. The van der Waals surface area contributed by atoms with Crippen LogP contribution in [0.5, 0.6) is 5.75 Å². The first kappa shape index (κ1) is 16.0. The molecule has 0 heterocycles. The molecule has 108 valence electrons. The number of nitrogens with one attached hydrogen (secondary N) is 1. The standard InChI is InChI=1S/C16H28N2O/c1-6-17-9-10-18(4)12-15-8-7-14(13(2)3)11-16(15)19-5/h7-8,11,13,17H,6,9-10,12H2,1-5H3. The molecule has 1 aromatic carbocycles. The molecule has 0 aromatic heterocycles. The van der Waals surface area contributed by atoms with E-state index in [0.717, 1.165) is 31.9 Å². The number of rotatable bonds is 8. The summed E-state index contributed by atoms with van der Waals surface area (Å²) < 4.78 is 5.52. The predicted octanol–water partition coefficient (Wildman–Crippen LogP) is 2.86. The van der Waals surface area contributed by atoms with Gasteiger partial charge in [-0.1, -0.05) is 32.9 Å². The lowest BCUT2D eigenvalue weighted by molar-refractivity contribution is 0.316. The Bertz CT molecular complexity index is 377. The third-order valence-corrected chi connectivity index (χ3v) is 3.34. The second kappa shape index (κ2) is 8.18. The molecule has 0 saturated carbocycles. The van der Waals surface area contributed by atoms with Gasteiger partial charge >= 0.3 is 0 Å². The van der Waals surface area contributed by atoms with Gasteiger partial charge in [-0.15, -0.1) is 0 Å². The zero-order valence-electron chi connectivity index (χ0n) is 13.0. The summed E-state index contributed by atoms with van der Waals surface area (Å²) in [4.78, 5) is 2.32. The van der Waals surface area contributed by atoms with Crippen molar-refractivity contribution in [2.75, 3.05) is 33.8 Å². The first-order valence-corrected chi connectivity index (χ1v) is 7.14. The van der Waals surface area contributed by atoms with Crippen molar-refractivity contribution in [2.45, 2.75) is 33.2 Å². The van der Waals surface area contributed by atoms with Gasteiger partial charge in [-0.3, -0.25) is 0 Å². The highest BCUT2D eigenvalue weighted by atomic mass is 16.5. The van der Waals surface area contributed by atoms with Gasteiger partial charge in [0.1, 0.15) is 5.75 Å². The second-order valence-corrected chi connectivity index (χ2v) is 5.32. The summed E-state index contributed by atoms with van der Waals surface area (Å²) in [7, 11) is 3.90. The van der Waals surface area contributed by atoms with E-state index in [4.69, 9.17) is 4.74 Å². The molecule has 3 nitrogen and oxygen atoms in total. The molecule has 1 aromatic rings. The maximum atomic E-state index is 5.52. The van der Waals surface area contributed by atoms with Crippen molar-refractivity contribution >= 4 is 0 Å². The van der Waals surface area contributed by atoms with E-state index < -0.39 is 0 Å². The minimum Gasteiger partial charge on any atom is -0.496 e. The molecule has 0 atom stereocenters. The average Bonchev–Trinajstić information content (AvgIpc) is 2.39. The largest absolute Gasteiger partial charge is 0.496 e. The third kappa shape index (κ3) is 5.21. The van der Waals surface area contributed by atoms with Gasteiger partial charge in [0.15, 0.2) is 0 Å². The maximum Gasteiger partial charge on any atom is 0.123 e. The lowest BCUT2D eigenvalue weighted by Gasteiger charge is -2.19. The molecular formula is C16H28N2O. The number of hydrogen-bond donors (Lipinski definition) is 1. The van der Waals surface area contributed by atoms with Crippen LogP contribution in [0.4, 0.5) is 0 Å². The zero-order chi connectivity index (χ0) is 14.3. The van der Waals surface area contributed by atoms with Gasteiger partial charge in [-0.2, -0.15) is 0 Å². The molecule has 0 bridgehead atoms. The summed E-state index contributed by atoms with van der Waals surface area (Å²) in [5.41, 5.74) is 2.59. The van der Waals surface area contributed by atoms with Crippen molar-refractivity contribution in [3.63, 3.8) is 0 Å². The third-order valence-electron chi connectivity index (χ3n) is 3.34. The van der Waals surface area contributed by atoms with Crippen molar-refractivity contribution in [3.8, 4) is 5.75 Å². The van der Waals surface area contributed by atoms with E-state index in [1.807, 2.05) is 0 Å². The first-order chi connectivity index (χ1) is 9.08. The van der Waals surface area contributed by atoms with Crippen LogP contribution in [0.25, 0.3) is 0 Å². The molecule has 0 radical (unpaired) electrons. The molecule has 0 aliphatic rings. The highest BCUT2D eigenvalue weighted by Crippen LogP contribution is 2.25. The van der Waals surface area contributed by atoms with E-state index in [9.17, 15) is 0 Å². The summed E-state index contributed by atoms with van der Waals surface area (Å²) >= 11 is 0. The van der Waals surface area contributed by atoms with Crippen LogP contribution in [0.1, 0.15) is 37.8 Å². The Morgan fingerprint density at radius 3 is 2.63 bits per heavy atom. The number of likely N-dealkylation sites (N-methyl/N-ethyl adjacent to an activating group) is 2. The first-order valence-electron chi connectivity index (χ1n) is 7.14. The fourth-order valence-corrected chi connectivity index (χ4v) is 2.07.